The third-order valence-electron chi connectivity index (χ3n) is 3.90. The molecule has 1 aliphatic rings. The lowest BCUT2D eigenvalue weighted by Crippen LogP contribution is -2.28. The zero-order valence-corrected chi connectivity index (χ0v) is 11.9. The summed E-state index contributed by atoms with van der Waals surface area (Å²) in [6.45, 7) is 2.69. The van der Waals surface area contributed by atoms with Crippen LogP contribution in [0.5, 0.6) is 0 Å². The average molecular weight is 285 g/mol. The normalized spacial score (nSPS) is 21.6. The van der Waals surface area contributed by atoms with Crippen LogP contribution in [0.15, 0.2) is 54.6 Å². The minimum absolute atomic E-state index is 0.191. The Morgan fingerprint density at radius 2 is 1.81 bits per heavy atom. The van der Waals surface area contributed by atoms with E-state index in [1.54, 1.807) is 0 Å². The van der Waals surface area contributed by atoms with Crippen LogP contribution in [0.2, 0.25) is 0 Å². The van der Waals surface area contributed by atoms with Gasteiger partial charge in [-0.2, -0.15) is 0 Å². The molecular formula is C17H20FN3. The van der Waals surface area contributed by atoms with Crippen molar-refractivity contribution in [1.29, 1.82) is 0 Å². The van der Waals surface area contributed by atoms with Crippen LogP contribution in [-0.4, -0.2) is 13.1 Å². The molecule has 2 aromatic carbocycles. The molecule has 3 N–H and O–H groups in total. The molecule has 21 heavy (non-hydrogen) atoms. The van der Waals surface area contributed by atoms with Crippen molar-refractivity contribution in [1.82, 2.24) is 16.2 Å². The third kappa shape index (κ3) is 3.67. The molecule has 1 saturated heterocycles. The summed E-state index contributed by atoms with van der Waals surface area (Å²) in [5.41, 5.74) is 8.88. The SMILES string of the molecule is Fc1ccc(C2NNCC2CNCc2ccccc2)cc1. The van der Waals surface area contributed by atoms with Crippen LogP contribution in [-0.2, 0) is 6.54 Å². The molecule has 1 fully saturated rings. The highest BCUT2D eigenvalue weighted by atomic mass is 19.1. The summed E-state index contributed by atoms with van der Waals surface area (Å²) in [6, 6.07) is 17.3. The molecule has 1 heterocycles. The molecule has 4 heteroatoms. The maximum atomic E-state index is 13.0. The van der Waals surface area contributed by atoms with Crippen molar-refractivity contribution in [3.05, 3.63) is 71.5 Å². The Morgan fingerprint density at radius 1 is 1.05 bits per heavy atom. The smallest absolute Gasteiger partial charge is 0.123 e. The van der Waals surface area contributed by atoms with Crippen LogP contribution < -0.4 is 16.2 Å². The first-order chi connectivity index (χ1) is 10.3. The van der Waals surface area contributed by atoms with E-state index in [0.29, 0.717) is 5.92 Å². The van der Waals surface area contributed by atoms with Gasteiger partial charge in [0.15, 0.2) is 0 Å². The maximum Gasteiger partial charge on any atom is 0.123 e. The van der Waals surface area contributed by atoms with E-state index in [-0.39, 0.29) is 11.9 Å². The Kier molecular flexibility index (Phi) is 4.60. The Hall–Kier alpha value is -1.75. The van der Waals surface area contributed by atoms with Gasteiger partial charge in [-0.15, -0.1) is 0 Å². The summed E-state index contributed by atoms with van der Waals surface area (Å²) < 4.78 is 13.0. The average Bonchev–Trinajstić information content (AvgIpc) is 2.98. The summed E-state index contributed by atoms with van der Waals surface area (Å²) >= 11 is 0. The van der Waals surface area contributed by atoms with Crippen molar-refractivity contribution in [2.45, 2.75) is 12.6 Å². The van der Waals surface area contributed by atoms with Gasteiger partial charge in [-0.3, -0.25) is 5.43 Å². The first kappa shape index (κ1) is 14.2. The monoisotopic (exact) mass is 285 g/mol. The summed E-state index contributed by atoms with van der Waals surface area (Å²) in [4.78, 5) is 0. The molecule has 0 aromatic heterocycles. The first-order valence-corrected chi connectivity index (χ1v) is 7.31. The summed E-state index contributed by atoms with van der Waals surface area (Å²) in [5, 5.41) is 3.50. The first-order valence-electron chi connectivity index (χ1n) is 7.31. The minimum Gasteiger partial charge on any atom is -0.312 e. The molecule has 0 spiro atoms. The van der Waals surface area contributed by atoms with Crippen molar-refractivity contribution >= 4 is 0 Å². The fraction of sp³-hybridized carbons (Fsp3) is 0.294. The van der Waals surface area contributed by atoms with Gasteiger partial charge in [-0.05, 0) is 23.3 Å². The lowest BCUT2D eigenvalue weighted by atomic mass is 9.95. The second-order valence-corrected chi connectivity index (χ2v) is 5.43. The van der Waals surface area contributed by atoms with Crippen LogP contribution in [0, 0.1) is 11.7 Å². The summed E-state index contributed by atoms with van der Waals surface area (Å²) in [7, 11) is 0. The second-order valence-electron chi connectivity index (χ2n) is 5.43. The summed E-state index contributed by atoms with van der Waals surface area (Å²) in [5.74, 6) is 0.252. The summed E-state index contributed by atoms with van der Waals surface area (Å²) in [6.07, 6.45) is 0. The van der Waals surface area contributed by atoms with Gasteiger partial charge in [0, 0.05) is 25.6 Å². The largest absolute Gasteiger partial charge is 0.312 e. The Labute approximate surface area is 124 Å². The van der Waals surface area contributed by atoms with E-state index in [9.17, 15) is 4.39 Å². The number of hydrazine groups is 1. The molecule has 3 nitrogen and oxygen atoms in total. The van der Waals surface area contributed by atoms with E-state index in [4.69, 9.17) is 0 Å². The molecule has 0 aliphatic carbocycles. The number of nitrogens with one attached hydrogen (secondary N) is 3. The molecule has 0 amide bonds. The number of benzene rings is 2. The van der Waals surface area contributed by atoms with Crippen LogP contribution in [0.3, 0.4) is 0 Å². The molecule has 0 saturated carbocycles. The van der Waals surface area contributed by atoms with Gasteiger partial charge in [0.25, 0.3) is 0 Å². The van der Waals surface area contributed by atoms with Gasteiger partial charge in [0.2, 0.25) is 0 Å². The Morgan fingerprint density at radius 3 is 2.57 bits per heavy atom. The number of hydrogen-bond donors (Lipinski definition) is 3. The number of halogens is 1. The number of hydrogen-bond acceptors (Lipinski definition) is 3. The highest BCUT2D eigenvalue weighted by Crippen LogP contribution is 2.24. The van der Waals surface area contributed by atoms with Crippen LogP contribution in [0.1, 0.15) is 17.2 Å². The van der Waals surface area contributed by atoms with Gasteiger partial charge >= 0.3 is 0 Å². The predicted octanol–water partition coefficient (Wildman–Crippen LogP) is 2.38. The van der Waals surface area contributed by atoms with E-state index in [0.717, 1.165) is 25.2 Å². The van der Waals surface area contributed by atoms with E-state index >= 15 is 0 Å². The van der Waals surface area contributed by atoms with E-state index in [1.165, 1.54) is 17.7 Å². The van der Waals surface area contributed by atoms with E-state index in [2.05, 4.69) is 40.4 Å². The third-order valence-corrected chi connectivity index (χ3v) is 3.90. The van der Waals surface area contributed by atoms with Crippen LogP contribution in [0.4, 0.5) is 4.39 Å². The standard InChI is InChI=1S/C17H20FN3/c18-16-8-6-14(7-9-16)17-15(12-20-21-17)11-19-10-13-4-2-1-3-5-13/h1-9,15,17,19-21H,10-12H2. The van der Waals surface area contributed by atoms with Crippen molar-refractivity contribution in [3.63, 3.8) is 0 Å². The van der Waals surface area contributed by atoms with Gasteiger partial charge < -0.3 is 5.32 Å². The predicted molar refractivity (Wildman–Crippen MR) is 81.9 cm³/mol. The molecular weight excluding hydrogens is 265 g/mol. The lowest BCUT2D eigenvalue weighted by molar-refractivity contribution is 0.441. The Bertz CT molecular complexity index is 556. The van der Waals surface area contributed by atoms with Gasteiger partial charge in [-0.25, -0.2) is 9.82 Å². The zero-order valence-electron chi connectivity index (χ0n) is 11.9. The van der Waals surface area contributed by atoms with E-state index < -0.39 is 0 Å². The second kappa shape index (κ2) is 6.80. The van der Waals surface area contributed by atoms with Crippen molar-refractivity contribution in [2.24, 2.45) is 5.92 Å². The van der Waals surface area contributed by atoms with Crippen molar-refractivity contribution in [2.75, 3.05) is 13.1 Å². The molecule has 2 atom stereocenters. The zero-order chi connectivity index (χ0) is 14.5. The van der Waals surface area contributed by atoms with Crippen molar-refractivity contribution < 1.29 is 4.39 Å². The molecule has 2 aromatic rings. The van der Waals surface area contributed by atoms with Gasteiger partial charge in [-0.1, -0.05) is 42.5 Å². The molecule has 110 valence electrons. The Balaban J connectivity index is 1.56. The highest BCUT2D eigenvalue weighted by molar-refractivity contribution is 5.22. The van der Waals surface area contributed by atoms with Crippen LogP contribution >= 0.6 is 0 Å². The molecule has 3 rings (SSSR count). The lowest BCUT2D eigenvalue weighted by Gasteiger charge is -2.19. The minimum atomic E-state index is -0.191. The van der Waals surface area contributed by atoms with Crippen LogP contribution in [0.25, 0.3) is 0 Å². The highest BCUT2D eigenvalue weighted by Gasteiger charge is 2.27. The molecule has 2 unspecified atom stereocenters. The molecule has 0 radical (unpaired) electrons. The topological polar surface area (TPSA) is 36.1 Å². The van der Waals surface area contributed by atoms with Gasteiger partial charge in [0.05, 0.1) is 6.04 Å². The number of rotatable bonds is 5. The molecule has 0 bridgehead atoms. The molecule has 1 aliphatic heterocycles. The van der Waals surface area contributed by atoms with Crippen molar-refractivity contribution in [3.8, 4) is 0 Å². The maximum absolute atomic E-state index is 13.0. The fourth-order valence-electron chi connectivity index (χ4n) is 2.75. The fourth-order valence-corrected chi connectivity index (χ4v) is 2.75. The quantitative estimate of drug-likeness (QED) is 0.789. The van der Waals surface area contributed by atoms with Gasteiger partial charge in [0.1, 0.15) is 5.82 Å². The van der Waals surface area contributed by atoms with E-state index in [1.807, 2.05) is 18.2 Å².